The molecule has 0 aliphatic heterocycles. The van der Waals surface area contributed by atoms with Gasteiger partial charge in [-0.2, -0.15) is 5.26 Å². The predicted octanol–water partition coefficient (Wildman–Crippen LogP) is 4.37. The smallest absolute Gasteiger partial charge is 0.262 e. The lowest BCUT2D eigenvalue weighted by Gasteiger charge is -2.11. The van der Waals surface area contributed by atoms with Gasteiger partial charge in [-0.3, -0.25) is 4.79 Å². The first-order chi connectivity index (χ1) is 13.1. The fourth-order valence-corrected chi connectivity index (χ4v) is 3.06. The van der Waals surface area contributed by atoms with Gasteiger partial charge in [0.15, 0.2) is 0 Å². The number of carbonyl (C=O) groups excluding carboxylic acids is 1. The summed E-state index contributed by atoms with van der Waals surface area (Å²) in [6.07, 6.45) is 5.77. The zero-order valence-electron chi connectivity index (χ0n) is 15.0. The van der Waals surface area contributed by atoms with Crippen LogP contribution < -0.4 is 10.1 Å². The Morgan fingerprint density at radius 1 is 1.15 bits per heavy atom. The molecule has 2 aromatic rings. The molecule has 138 valence electrons. The summed E-state index contributed by atoms with van der Waals surface area (Å²) in [6, 6.07) is 15.4. The minimum atomic E-state index is -0.318. The summed E-state index contributed by atoms with van der Waals surface area (Å²) in [5.74, 6) is 0.0616. The maximum atomic E-state index is 12.9. The first-order valence-corrected chi connectivity index (χ1v) is 9.04. The quantitative estimate of drug-likeness (QED) is 0.611. The topological polar surface area (TPSA) is 62.1 Å². The second kappa shape index (κ2) is 9.00. The molecule has 1 aliphatic carbocycles. The number of hydrogen-bond acceptors (Lipinski definition) is 3. The number of amides is 1. The van der Waals surface area contributed by atoms with Gasteiger partial charge >= 0.3 is 0 Å². The van der Waals surface area contributed by atoms with Crippen molar-refractivity contribution in [1.82, 2.24) is 5.32 Å². The first-order valence-electron chi connectivity index (χ1n) is 9.04. The van der Waals surface area contributed by atoms with Crippen molar-refractivity contribution < 1.29 is 13.9 Å². The Balaban J connectivity index is 1.59. The number of nitrogens with one attached hydrogen (secondary N) is 1. The number of nitriles is 1. The van der Waals surface area contributed by atoms with Gasteiger partial charge in [-0.15, -0.1) is 0 Å². The van der Waals surface area contributed by atoms with Crippen LogP contribution in [0, 0.1) is 17.1 Å². The molecule has 0 unspecified atom stereocenters. The van der Waals surface area contributed by atoms with Crippen LogP contribution in [0.2, 0.25) is 0 Å². The molecule has 27 heavy (non-hydrogen) atoms. The van der Waals surface area contributed by atoms with E-state index in [0.717, 1.165) is 36.8 Å². The van der Waals surface area contributed by atoms with E-state index >= 15 is 0 Å². The lowest BCUT2D eigenvalue weighted by atomic mass is 10.1. The van der Waals surface area contributed by atoms with Crippen LogP contribution in [-0.4, -0.2) is 11.9 Å². The van der Waals surface area contributed by atoms with E-state index in [4.69, 9.17) is 4.74 Å². The van der Waals surface area contributed by atoms with Crippen molar-refractivity contribution in [2.75, 3.05) is 0 Å². The maximum Gasteiger partial charge on any atom is 0.262 e. The zero-order chi connectivity index (χ0) is 19.1. The van der Waals surface area contributed by atoms with E-state index < -0.39 is 0 Å². The molecule has 3 rings (SSSR count). The molecule has 0 radical (unpaired) electrons. The number of halogens is 1. The predicted molar refractivity (Wildman–Crippen MR) is 101 cm³/mol. The second-order valence-corrected chi connectivity index (χ2v) is 6.61. The summed E-state index contributed by atoms with van der Waals surface area (Å²) in [5, 5.41) is 12.2. The Hall–Kier alpha value is -3.13. The van der Waals surface area contributed by atoms with Gasteiger partial charge in [0, 0.05) is 6.04 Å². The number of nitrogens with zero attached hydrogens (tertiary/aromatic N) is 1. The van der Waals surface area contributed by atoms with Gasteiger partial charge in [-0.25, -0.2) is 4.39 Å². The number of hydrogen-bond donors (Lipinski definition) is 1. The number of carbonyl (C=O) groups is 1. The van der Waals surface area contributed by atoms with Crippen LogP contribution in [0.25, 0.3) is 6.08 Å². The van der Waals surface area contributed by atoms with Crippen molar-refractivity contribution in [1.29, 1.82) is 5.26 Å². The van der Waals surface area contributed by atoms with Gasteiger partial charge in [-0.05, 0) is 54.3 Å². The van der Waals surface area contributed by atoms with Crippen LogP contribution in [0.1, 0.15) is 36.8 Å². The van der Waals surface area contributed by atoms with Gasteiger partial charge < -0.3 is 10.1 Å². The van der Waals surface area contributed by atoms with Crippen LogP contribution >= 0.6 is 0 Å². The highest BCUT2D eigenvalue weighted by Gasteiger charge is 2.19. The highest BCUT2D eigenvalue weighted by molar-refractivity contribution is 6.01. The lowest BCUT2D eigenvalue weighted by Crippen LogP contribution is -2.33. The monoisotopic (exact) mass is 364 g/mol. The molecular weight excluding hydrogens is 343 g/mol. The van der Waals surface area contributed by atoms with Gasteiger partial charge in [0.05, 0.1) is 0 Å². The molecule has 2 aromatic carbocycles. The summed E-state index contributed by atoms with van der Waals surface area (Å²) in [4.78, 5) is 12.2. The minimum Gasteiger partial charge on any atom is -0.489 e. The molecule has 4 nitrogen and oxygen atoms in total. The molecule has 0 bridgehead atoms. The molecule has 0 spiro atoms. The molecule has 0 saturated heterocycles. The number of rotatable bonds is 6. The summed E-state index contributed by atoms with van der Waals surface area (Å²) < 4.78 is 18.6. The van der Waals surface area contributed by atoms with E-state index in [1.54, 1.807) is 42.5 Å². The van der Waals surface area contributed by atoms with E-state index in [1.807, 2.05) is 6.07 Å². The molecular formula is C22H21FN2O2. The van der Waals surface area contributed by atoms with Crippen LogP contribution in [0.15, 0.2) is 54.1 Å². The largest absolute Gasteiger partial charge is 0.489 e. The normalized spacial score (nSPS) is 14.6. The van der Waals surface area contributed by atoms with Gasteiger partial charge in [0.2, 0.25) is 0 Å². The van der Waals surface area contributed by atoms with Crippen molar-refractivity contribution in [3.63, 3.8) is 0 Å². The van der Waals surface area contributed by atoms with Gasteiger partial charge in [-0.1, -0.05) is 37.1 Å². The molecule has 0 heterocycles. The first kappa shape index (κ1) is 18.7. The maximum absolute atomic E-state index is 12.9. The van der Waals surface area contributed by atoms with Crippen molar-refractivity contribution in [2.45, 2.75) is 38.3 Å². The van der Waals surface area contributed by atoms with Crippen LogP contribution in [0.5, 0.6) is 5.75 Å². The average molecular weight is 364 g/mol. The Morgan fingerprint density at radius 2 is 1.81 bits per heavy atom. The van der Waals surface area contributed by atoms with Crippen LogP contribution in [0.3, 0.4) is 0 Å². The Labute approximate surface area is 158 Å². The number of benzene rings is 2. The van der Waals surface area contributed by atoms with Gasteiger partial charge in [0.25, 0.3) is 5.91 Å². The molecule has 1 fully saturated rings. The molecule has 1 amide bonds. The molecule has 0 atom stereocenters. The third kappa shape index (κ3) is 5.42. The molecule has 1 aliphatic rings. The fourth-order valence-electron chi connectivity index (χ4n) is 3.06. The molecule has 0 aromatic heterocycles. The van der Waals surface area contributed by atoms with Gasteiger partial charge in [0.1, 0.15) is 29.8 Å². The molecule has 1 N–H and O–H groups in total. The average Bonchev–Trinajstić information content (AvgIpc) is 3.19. The van der Waals surface area contributed by atoms with Crippen LogP contribution in [0.4, 0.5) is 4.39 Å². The summed E-state index contributed by atoms with van der Waals surface area (Å²) in [6.45, 7) is 0.336. The SMILES string of the molecule is N#C/C(=C/c1ccc(OCc2ccc(F)cc2)cc1)C(=O)NC1CCCC1. The Morgan fingerprint density at radius 3 is 2.44 bits per heavy atom. The Kier molecular flexibility index (Phi) is 6.22. The van der Waals surface area contributed by atoms with Crippen molar-refractivity contribution in [2.24, 2.45) is 0 Å². The molecule has 1 saturated carbocycles. The standard InChI is InChI=1S/C22H21FN2O2/c23-19-9-5-17(6-10-19)15-27-21-11-7-16(8-12-21)13-18(14-24)22(26)25-20-3-1-2-4-20/h5-13,20H,1-4,15H2,(H,25,26)/b18-13-. The van der Waals surface area contributed by atoms with Crippen molar-refractivity contribution >= 4 is 12.0 Å². The molecule has 5 heteroatoms. The Bertz CT molecular complexity index is 845. The van der Waals surface area contributed by atoms with Crippen molar-refractivity contribution in [3.8, 4) is 11.8 Å². The van der Waals surface area contributed by atoms with Crippen LogP contribution in [-0.2, 0) is 11.4 Å². The summed E-state index contributed by atoms with van der Waals surface area (Å²) >= 11 is 0. The minimum absolute atomic E-state index is 0.0990. The van der Waals surface area contributed by atoms with E-state index in [-0.39, 0.29) is 23.3 Å². The second-order valence-electron chi connectivity index (χ2n) is 6.61. The number of ether oxygens (including phenoxy) is 1. The van der Waals surface area contributed by atoms with E-state index in [0.29, 0.717) is 12.4 Å². The third-order valence-corrected chi connectivity index (χ3v) is 4.57. The van der Waals surface area contributed by atoms with E-state index in [9.17, 15) is 14.4 Å². The highest BCUT2D eigenvalue weighted by Crippen LogP contribution is 2.19. The summed E-state index contributed by atoms with van der Waals surface area (Å²) in [5.41, 5.74) is 1.72. The zero-order valence-corrected chi connectivity index (χ0v) is 15.0. The van der Waals surface area contributed by atoms with E-state index in [1.165, 1.54) is 12.1 Å². The third-order valence-electron chi connectivity index (χ3n) is 4.57. The summed E-state index contributed by atoms with van der Waals surface area (Å²) in [7, 11) is 0. The van der Waals surface area contributed by atoms with E-state index in [2.05, 4.69) is 5.32 Å². The van der Waals surface area contributed by atoms with Crippen molar-refractivity contribution in [3.05, 3.63) is 71.0 Å². The lowest BCUT2D eigenvalue weighted by molar-refractivity contribution is -0.117. The fraction of sp³-hybridized carbons (Fsp3) is 0.273. The highest BCUT2D eigenvalue weighted by atomic mass is 19.1.